The molecular formula is C12H19F2N3O2. The van der Waals surface area contributed by atoms with Crippen LogP contribution in [0.15, 0.2) is 6.07 Å². The van der Waals surface area contributed by atoms with Gasteiger partial charge in [-0.3, -0.25) is 0 Å². The fourth-order valence-electron chi connectivity index (χ4n) is 1.45. The first-order chi connectivity index (χ1) is 8.89. The van der Waals surface area contributed by atoms with Crippen molar-refractivity contribution in [2.75, 3.05) is 37.9 Å². The molecule has 108 valence electrons. The zero-order chi connectivity index (χ0) is 14.5. The van der Waals surface area contributed by atoms with Crippen LogP contribution in [0.25, 0.3) is 0 Å². The molecule has 0 spiro atoms. The van der Waals surface area contributed by atoms with Crippen molar-refractivity contribution in [1.29, 1.82) is 0 Å². The van der Waals surface area contributed by atoms with E-state index in [4.69, 9.17) is 4.74 Å². The SMILES string of the molecule is CNc1nc(NCC(C)(O)CCOC)c(F)cc1F. The lowest BCUT2D eigenvalue weighted by Gasteiger charge is -2.23. The average molecular weight is 275 g/mol. The minimum atomic E-state index is -1.07. The standard InChI is InChI=1S/C12H19F2N3O2/c1-12(18,4-5-19-3)7-16-11-9(14)6-8(13)10(15-2)17-11/h6,18H,4-5,7H2,1-3H3,(H2,15,16,17). The minimum absolute atomic E-state index is 0.0552. The summed E-state index contributed by atoms with van der Waals surface area (Å²) < 4.78 is 31.6. The van der Waals surface area contributed by atoms with Gasteiger partial charge in [0.05, 0.1) is 5.60 Å². The van der Waals surface area contributed by atoms with Crippen LogP contribution in [0.5, 0.6) is 0 Å². The van der Waals surface area contributed by atoms with Gasteiger partial charge in [-0.2, -0.15) is 0 Å². The Hall–Kier alpha value is -1.47. The number of hydrogen-bond donors (Lipinski definition) is 3. The molecule has 1 rings (SSSR count). The summed E-state index contributed by atoms with van der Waals surface area (Å²) in [4.78, 5) is 3.76. The highest BCUT2D eigenvalue weighted by Gasteiger charge is 2.21. The maximum atomic E-state index is 13.5. The van der Waals surface area contributed by atoms with E-state index in [0.717, 1.165) is 6.07 Å². The predicted octanol–water partition coefficient (Wildman–Crippen LogP) is 1.60. The molecule has 0 saturated carbocycles. The van der Waals surface area contributed by atoms with Crippen LogP contribution < -0.4 is 10.6 Å². The van der Waals surface area contributed by atoms with Gasteiger partial charge in [0.15, 0.2) is 23.3 Å². The van der Waals surface area contributed by atoms with Crippen molar-refractivity contribution in [3.05, 3.63) is 17.7 Å². The van der Waals surface area contributed by atoms with Gasteiger partial charge >= 0.3 is 0 Å². The van der Waals surface area contributed by atoms with Gasteiger partial charge in [-0.1, -0.05) is 0 Å². The van der Waals surface area contributed by atoms with Gasteiger partial charge in [-0.25, -0.2) is 13.8 Å². The van der Waals surface area contributed by atoms with Gasteiger partial charge < -0.3 is 20.5 Å². The predicted molar refractivity (Wildman–Crippen MR) is 69.3 cm³/mol. The van der Waals surface area contributed by atoms with Crippen molar-refractivity contribution in [3.63, 3.8) is 0 Å². The Kier molecular flexibility index (Phi) is 5.44. The molecule has 1 unspecified atom stereocenters. The van der Waals surface area contributed by atoms with Gasteiger partial charge in [0.25, 0.3) is 0 Å². The molecule has 19 heavy (non-hydrogen) atoms. The molecule has 0 fully saturated rings. The Labute approximate surface area is 111 Å². The first-order valence-electron chi connectivity index (χ1n) is 5.88. The molecule has 7 heteroatoms. The van der Waals surface area contributed by atoms with Gasteiger partial charge in [0.1, 0.15) is 0 Å². The Morgan fingerprint density at radius 1 is 1.37 bits per heavy atom. The third-order valence-corrected chi connectivity index (χ3v) is 2.65. The number of nitrogens with zero attached hydrogens (tertiary/aromatic N) is 1. The molecule has 3 N–H and O–H groups in total. The number of halogens is 2. The number of aliphatic hydroxyl groups is 1. The van der Waals surface area contributed by atoms with E-state index in [1.807, 2.05) is 0 Å². The Balaban J connectivity index is 2.72. The molecule has 0 saturated heterocycles. The van der Waals surface area contributed by atoms with Gasteiger partial charge in [-0.05, 0) is 6.92 Å². The third kappa shape index (κ3) is 4.60. The molecule has 0 aliphatic rings. The number of ether oxygens (including phenoxy) is 1. The lowest BCUT2D eigenvalue weighted by atomic mass is 10.0. The van der Waals surface area contributed by atoms with E-state index in [2.05, 4.69) is 15.6 Å². The van der Waals surface area contributed by atoms with E-state index >= 15 is 0 Å². The van der Waals surface area contributed by atoms with E-state index in [0.29, 0.717) is 13.0 Å². The van der Waals surface area contributed by atoms with E-state index < -0.39 is 17.2 Å². The number of hydrogen-bond acceptors (Lipinski definition) is 5. The zero-order valence-electron chi connectivity index (χ0n) is 11.3. The van der Waals surface area contributed by atoms with Crippen molar-refractivity contribution < 1.29 is 18.6 Å². The Morgan fingerprint density at radius 2 is 2.00 bits per heavy atom. The molecule has 0 aromatic carbocycles. The minimum Gasteiger partial charge on any atom is -0.388 e. The van der Waals surface area contributed by atoms with Crippen molar-refractivity contribution in [3.8, 4) is 0 Å². The monoisotopic (exact) mass is 275 g/mol. The van der Waals surface area contributed by atoms with Crippen LogP contribution >= 0.6 is 0 Å². The fraction of sp³-hybridized carbons (Fsp3) is 0.583. The quantitative estimate of drug-likeness (QED) is 0.705. The van der Waals surface area contributed by atoms with Crippen molar-refractivity contribution in [2.45, 2.75) is 18.9 Å². The fourth-order valence-corrected chi connectivity index (χ4v) is 1.45. The zero-order valence-corrected chi connectivity index (χ0v) is 11.3. The summed E-state index contributed by atoms with van der Waals surface area (Å²) in [7, 11) is 3.02. The number of aromatic nitrogens is 1. The van der Waals surface area contributed by atoms with Crippen LogP contribution in [-0.4, -0.2) is 43.0 Å². The van der Waals surface area contributed by atoms with Crippen molar-refractivity contribution in [1.82, 2.24) is 4.98 Å². The third-order valence-electron chi connectivity index (χ3n) is 2.65. The molecule has 1 aromatic heterocycles. The average Bonchev–Trinajstić information content (AvgIpc) is 2.35. The number of pyridine rings is 1. The summed E-state index contributed by atoms with van der Waals surface area (Å²) in [6, 6.07) is 0.741. The lowest BCUT2D eigenvalue weighted by molar-refractivity contribution is 0.0356. The van der Waals surface area contributed by atoms with E-state index in [1.54, 1.807) is 6.92 Å². The molecular weight excluding hydrogens is 256 g/mol. The highest BCUT2D eigenvalue weighted by atomic mass is 19.1. The van der Waals surface area contributed by atoms with E-state index in [1.165, 1.54) is 14.2 Å². The Morgan fingerprint density at radius 3 is 2.58 bits per heavy atom. The van der Waals surface area contributed by atoms with Crippen LogP contribution in [0, 0.1) is 11.6 Å². The summed E-state index contributed by atoms with van der Waals surface area (Å²) in [5.41, 5.74) is -1.07. The summed E-state index contributed by atoms with van der Waals surface area (Å²) in [6.07, 6.45) is 0.387. The van der Waals surface area contributed by atoms with Crippen LogP contribution in [-0.2, 0) is 4.74 Å². The number of methoxy groups -OCH3 is 1. The van der Waals surface area contributed by atoms with Crippen LogP contribution in [0.1, 0.15) is 13.3 Å². The smallest absolute Gasteiger partial charge is 0.168 e. The maximum absolute atomic E-state index is 13.5. The first kappa shape index (κ1) is 15.6. The summed E-state index contributed by atoms with van der Waals surface area (Å²) in [5.74, 6) is -1.74. The van der Waals surface area contributed by atoms with E-state index in [-0.39, 0.29) is 18.2 Å². The second-order valence-corrected chi connectivity index (χ2v) is 4.49. The number of nitrogens with one attached hydrogen (secondary N) is 2. The van der Waals surface area contributed by atoms with Gasteiger partial charge in [-0.15, -0.1) is 0 Å². The molecule has 1 aromatic rings. The van der Waals surface area contributed by atoms with Crippen molar-refractivity contribution in [2.24, 2.45) is 0 Å². The second kappa shape index (κ2) is 6.63. The second-order valence-electron chi connectivity index (χ2n) is 4.49. The molecule has 1 heterocycles. The molecule has 0 amide bonds. The van der Waals surface area contributed by atoms with Crippen LogP contribution in [0.3, 0.4) is 0 Å². The number of anilines is 2. The molecule has 0 bridgehead atoms. The van der Waals surface area contributed by atoms with Gasteiger partial charge in [0.2, 0.25) is 0 Å². The number of rotatable bonds is 7. The maximum Gasteiger partial charge on any atom is 0.168 e. The topological polar surface area (TPSA) is 66.4 Å². The highest BCUT2D eigenvalue weighted by Crippen LogP contribution is 2.19. The highest BCUT2D eigenvalue weighted by molar-refractivity contribution is 5.47. The molecule has 0 radical (unpaired) electrons. The summed E-state index contributed by atoms with van der Waals surface area (Å²) in [6.45, 7) is 2.06. The van der Waals surface area contributed by atoms with Crippen LogP contribution in [0.2, 0.25) is 0 Å². The summed E-state index contributed by atoms with van der Waals surface area (Å²) >= 11 is 0. The van der Waals surface area contributed by atoms with Crippen LogP contribution in [0.4, 0.5) is 20.4 Å². The lowest BCUT2D eigenvalue weighted by Crippen LogP contribution is -2.35. The Bertz CT molecular complexity index is 428. The molecule has 0 aliphatic carbocycles. The molecule has 0 aliphatic heterocycles. The van der Waals surface area contributed by atoms with Gasteiger partial charge in [0, 0.05) is 39.8 Å². The summed E-state index contributed by atoms with van der Waals surface area (Å²) in [5, 5.41) is 15.2. The largest absolute Gasteiger partial charge is 0.388 e. The van der Waals surface area contributed by atoms with E-state index in [9.17, 15) is 13.9 Å². The molecule has 1 atom stereocenters. The normalized spacial score (nSPS) is 14.0. The first-order valence-corrected chi connectivity index (χ1v) is 5.88. The van der Waals surface area contributed by atoms with Crippen molar-refractivity contribution >= 4 is 11.6 Å². The molecule has 5 nitrogen and oxygen atoms in total.